The highest BCUT2D eigenvalue weighted by molar-refractivity contribution is 7.89. The first-order chi connectivity index (χ1) is 11.3. The van der Waals surface area contributed by atoms with Crippen LogP contribution in [-0.4, -0.2) is 48.0 Å². The van der Waals surface area contributed by atoms with Crippen LogP contribution in [0.25, 0.3) is 0 Å². The summed E-state index contributed by atoms with van der Waals surface area (Å²) in [6.45, 7) is 9.27. The monoisotopic (exact) mass is 356 g/mol. The van der Waals surface area contributed by atoms with Crippen molar-refractivity contribution in [2.24, 2.45) is 5.92 Å². The minimum absolute atomic E-state index is 0.0409. The summed E-state index contributed by atoms with van der Waals surface area (Å²) in [4.78, 5) is 12.2. The van der Waals surface area contributed by atoms with E-state index >= 15 is 0 Å². The fraction of sp³-hybridized carbons (Fsp3) is 0.750. The van der Waals surface area contributed by atoms with E-state index in [1.807, 2.05) is 6.92 Å². The standard InChI is InChI=1S/C16H28N4O3S/c1-5-8-17-15(21)11-20-14(4)16(13(3)18-20)24(22,23)19-9-6-12(2)7-10-19/h12H,5-11H2,1-4H3,(H,17,21). The molecule has 1 fully saturated rings. The van der Waals surface area contributed by atoms with Crippen LogP contribution in [0.4, 0.5) is 0 Å². The minimum Gasteiger partial charge on any atom is -0.355 e. The average molecular weight is 356 g/mol. The molecule has 0 aromatic carbocycles. The average Bonchev–Trinajstić information content (AvgIpc) is 2.80. The Kier molecular flexibility index (Phi) is 6.03. The maximum Gasteiger partial charge on any atom is 0.246 e. The highest BCUT2D eigenvalue weighted by atomic mass is 32.2. The van der Waals surface area contributed by atoms with Gasteiger partial charge in [-0.25, -0.2) is 8.42 Å². The number of sulfonamides is 1. The Bertz CT molecular complexity index is 688. The van der Waals surface area contributed by atoms with Gasteiger partial charge in [-0.05, 0) is 39.0 Å². The Morgan fingerprint density at radius 3 is 2.50 bits per heavy atom. The third-order valence-corrected chi connectivity index (χ3v) is 6.67. The quantitative estimate of drug-likeness (QED) is 0.836. The van der Waals surface area contributed by atoms with Gasteiger partial charge in [0.1, 0.15) is 11.4 Å². The van der Waals surface area contributed by atoms with E-state index in [4.69, 9.17) is 0 Å². The van der Waals surface area contributed by atoms with Crippen molar-refractivity contribution in [2.45, 2.75) is 58.4 Å². The molecular weight excluding hydrogens is 328 g/mol. The zero-order chi connectivity index (χ0) is 17.9. The first-order valence-electron chi connectivity index (χ1n) is 8.58. The molecule has 1 aromatic heterocycles. The Balaban J connectivity index is 2.23. The third kappa shape index (κ3) is 3.97. The van der Waals surface area contributed by atoms with Gasteiger partial charge in [0, 0.05) is 19.6 Å². The van der Waals surface area contributed by atoms with Crippen molar-refractivity contribution in [1.82, 2.24) is 19.4 Å². The predicted molar refractivity (Wildman–Crippen MR) is 92.2 cm³/mol. The second-order valence-electron chi connectivity index (χ2n) is 6.59. The maximum absolute atomic E-state index is 13.0. The van der Waals surface area contributed by atoms with Gasteiger partial charge >= 0.3 is 0 Å². The number of hydrogen-bond acceptors (Lipinski definition) is 4. The lowest BCUT2D eigenvalue weighted by atomic mass is 10.0. The third-order valence-electron chi connectivity index (χ3n) is 4.52. The Labute approximate surface area is 144 Å². The molecule has 136 valence electrons. The summed E-state index contributed by atoms with van der Waals surface area (Å²) in [6, 6.07) is 0. The summed E-state index contributed by atoms with van der Waals surface area (Å²) in [5.74, 6) is 0.404. The van der Waals surface area contributed by atoms with E-state index in [0.29, 0.717) is 36.9 Å². The van der Waals surface area contributed by atoms with Gasteiger partial charge in [0.15, 0.2) is 0 Å². The summed E-state index contributed by atoms with van der Waals surface area (Å²) >= 11 is 0. The van der Waals surface area contributed by atoms with Crippen LogP contribution >= 0.6 is 0 Å². The van der Waals surface area contributed by atoms with Crippen molar-refractivity contribution >= 4 is 15.9 Å². The lowest BCUT2D eigenvalue weighted by Gasteiger charge is -2.29. The predicted octanol–water partition coefficient (Wildman–Crippen LogP) is 1.45. The summed E-state index contributed by atoms with van der Waals surface area (Å²) in [6.07, 6.45) is 2.62. The molecule has 0 spiro atoms. The van der Waals surface area contributed by atoms with Crippen LogP contribution in [0, 0.1) is 19.8 Å². The first-order valence-corrected chi connectivity index (χ1v) is 10.0. The number of hydrogen-bond donors (Lipinski definition) is 1. The molecule has 8 heteroatoms. The molecule has 0 atom stereocenters. The molecule has 0 unspecified atom stereocenters. The smallest absolute Gasteiger partial charge is 0.246 e. The molecule has 1 aliphatic rings. The fourth-order valence-electron chi connectivity index (χ4n) is 3.02. The van der Waals surface area contributed by atoms with Crippen LogP contribution in [0.5, 0.6) is 0 Å². The molecule has 1 aromatic rings. The van der Waals surface area contributed by atoms with Gasteiger partial charge in [-0.2, -0.15) is 9.40 Å². The number of piperidine rings is 1. The second-order valence-corrected chi connectivity index (χ2v) is 8.47. The van der Waals surface area contributed by atoms with Gasteiger partial charge in [0.2, 0.25) is 15.9 Å². The van der Waals surface area contributed by atoms with Gasteiger partial charge < -0.3 is 5.32 Å². The SMILES string of the molecule is CCCNC(=O)Cn1nc(C)c(S(=O)(=O)N2CCC(C)CC2)c1C. The molecule has 0 bridgehead atoms. The Morgan fingerprint density at radius 2 is 1.92 bits per heavy atom. The van der Waals surface area contributed by atoms with E-state index in [1.165, 1.54) is 4.68 Å². The zero-order valence-electron chi connectivity index (χ0n) is 15.0. The Morgan fingerprint density at radius 1 is 1.29 bits per heavy atom. The molecular formula is C16H28N4O3S. The van der Waals surface area contributed by atoms with Crippen molar-refractivity contribution in [3.63, 3.8) is 0 Å². The lowest BCUT2D eigenvalue weighted by Crippen LogP contribution is -2.38. The second kappa shape index (κ2) is 7.65. The van der Waals surface area contributed by atoms with Crippen LogP contribution in [0.2, 0.25) is 0 Å². The summed E-state index contributed by atoms with van der Waals surface area (Å²) < 4.78 is 29.0. The number of aryl methyl sites for hydroxylation is 1. The van der Waals surface area contributed by atoms with Crippen LogP contribution in [0.3, 0.4) is 0 Å². The molecule has 0 radical (unpaired) electrons. The fourth-order valence-corrected chi connectivity index (χ4v) is 4.86. The molecule has 1 N–H and O–H groups in total. The minimum atomic E-state index is -3.56. The summed E-state index contributed by atoms with van der Waals surface area (Å²) in [5, 5.41) is 7.07. The van der Waals surface area contributed by atoms with Crippen molar-refractivity contribution in [2.75, 3.05) is 19.6 Å². The highest BCUT2D eigenvalue weighted by Gasteiger charge is 2.33. The van der Waals surface area contributed by atoms with E-state index in [2.05, 4.69) is 17.3 Å². The topological polar surface area (TPSA) is 84.3 Å². The largest absolute Gasteiger partial charge is 0.355 e. The molecule has 1 aliphatic heterocycles. The first kappa shape index (κ1) is 18.9. The normalized spacial score (nSPS) is 17.2. The number of nitrogens with one attached hydrogen (secondary N) is 1. The van der Waals surface area contributed by atoms with Crippen molar-refractivity contribution in [3.8, 4) is 0 Å². The van der Waals surface area contributed by atoms with Gasteiger partial charge in [0.05, 0.1) is 11.4 Å². The van der Waals surface area contributed by atoms with Crippen molar-refractivity contribution < 1.29 is 13.2 Å². The summed E-state index contributed by atoms with van der Waals surface area (Å²) in [7, 11) is -3.56. The number of carbonyl (C=O) groups excluding carboxylic acids is 1. The van der Waals surface area contributed by atoms with Crippen LogP contribution < -0.4 is 5.32 Å². The van der Waals surface area contributed by atoms with E-state index in [1.54, 1.807) is 18.2 Å². The number of nitrogens with zero attached hydrogens (tertiary/aromatic N) is 3. The maximum atomic E-state index is 13.0. The van der Waals surface area contributed by atoms with Crippen molar-refractivity contribution in [3.05, 3.63) is 11.4 Å². The zero-order valence-corrected chi connectivity index (χ0v) is 15.8. The van der Waals surface area contributed by atoms with E-state index in [9.17, 15) is 13.2 Å². The molecule has 2 rings (SSSR count). The van der Waals surface area contributed by atoms with Gasteiger partial charge in [-0.3, -0.25) is 9.48 Å². The number of carbonyl (C=O) groups is 1. The van der Waals surface area contributed by atoms with Crippen molar-refractivity contribution in [1.29, 1.82) is 0 Å². The highest BCUT2D eigenvalue weighted by Crippen LogP contribution is 2.27. The van der Waals surface area contributed by atoms with Crippen LogP contribution in [0.1, 0.15) is 44.5 Å². The van der Waals surface area contributed by atoms with Crippen LogP contribution in [0.15, 0.2) is 4.90 Å². The Hall–Kier alpha value is -1.41. The molecule has 24 heavy (non-hydrogen) atoms. The number of aromatic nitrogens is 2. The van der Waals surface area contributed by atoms with Gasteiger partial charge in [0.25, 0.3) is 0 Å². The molecule has 1 saturated heterocycles. The number of rotatable bonds is 6. The summed E-state index contributed by atoms with van der Waals surface area (Å²) in [5.41, 5.74) is 0.979. The van der Waals surface area contributed by atoms with E-state index in [-0.39, 0.29) is 17.3 Å². The van der Waals surface area contributed by atoms with E-state index in [0.717, 1.165) is 19.3 Å². The van der Waals surface area contributed by atoms with Gasteiger partial charge in [-0.1, -0.05) is 13.8 Å². The van der Waals surface area contributed by atoms with Gasteiger partial charge in [-0.15, -0.1) is 0 Å². The van der Waals surface area contributed by atoms with Crippen LogP contribution in [-0.2, 0) is 21.4 Å². The number of amides is 1. The molecule has 7 nitrogen and oxygen atoms in total. The lowest BCUT2D eigenvalue weighted by molar-refractivity contribution is -0.121. The molecule has 1 amide bonds. The molecule has 0 aliphatic carbocycles. The van der Waals surface area contributed by atoms with E-state index < -0.39 is 10.0 Å². The molecule has 0 saturated carbocycles. The molecule has 2 heterocycles.